The monoisotopic (exact) mass is 696 g/mol. The number of carbonyl (C=O) groups excluding carboxylic acids is 1. The third kappa shape index (κ3) is 4.31. The van der Waals surface area contributed by atoms with Gasteiger partial charge in [-0.15, -0.1) is 0 Å². The minimum Gasteiger partial charge on any atom is -0.496 e. The number of aliphatic hydroxyl groups excluding tert-OH is 2. The molecule has 6 heterocycles. The number of ether oxygens (including phenoxy) is 2. The van der Waals surface area contributed by atoms with Gasteiger partial charge in [0.05, 0.1) is 32.0 Å². The van der Waals surface area contributed by atoms with Crippen LogP contribution < -0.4 is 10.1 Å². The van der Waals surface area contributed by atoms with Crippen molar-refractivity contribution in [2.75, 3.05) is 52.3 Å². The van der Waals surface area contributed by atoms with Crippen LogP contribution in [-0.2, 0) is 26.8 Å². The molecule has 3 aromatic rings. The van der Waals surface area contributed by atoms with E-state index in [4.69, 9.17) is 9.47 Å². The minimum atomic E-state index is -1.29. The molecule has 1 aromatic heterocycles. The number of hydrogen-bond donors (Lipinski definition) is 5. The van der Waals surface area contributed by atoms with Crippen LogP contribution >= 0.6 is 0 Å². The fourth-order valence-corrected chi connectivity index (χ4v) is 12.2. The second-order valence-electron chi connectivity index (χ2n) is 16.5. The maximum absolute atomic E-state index is 15.0. The Morgan fingerprint density at radius 2 is 1.88 bits per heavy atom. The van der Waals surface area contributed by atoms with Crippen LogP contribution in [0.25, 0.3) is 10.9 Å². The first kappa shape index (κ1) is 33.4. The second kappa shape index (κ2) is 11.5. The van der Waals surface area contributed by atoms with Gasteiger partial charge in [-0.1, -0.05) is 44.2 Å². The summed E-state index contributed by atoms with van der Waals surface area (Å²) in [5.74, 6) is 0.203. The van der Waals surface area contributed by atoms with E-state index in [1.807, 2.05) is 25.1 Å². The number of nitrogens with one attached hydrogen (secondary N) is 2. The van der Waals surface area contributed by atoms with Gasteiger partial charge in [-0.2, -0.15) is 0 Å². The van der Waals surface area contributed by atoms with Crippen LogP contribution in [0.3, 0.4) is 0 Å². The Kier molecular flexibility index (Phi) is 7.57. The topological polar surface area (TPSA) is 131 Å². The Morgan fingerprint density at radius 3 is 2.65 bits per heavy atom. The molecule has 10 atom stereocenters. The molecule has 0 amide bonds. The van der Waals surface area contributed by atoms with Crippen LogP contribution in [-0.4, -0.2) is 113 Å². The van der Waals surface area contributed by atoms with Gasteiger partial charge < -0.3 is 35.1 Å². The summed E-state index contributed by atoms with van der Waals surface area (Å²) in [6.07, 6.45) is 6.26. The summed E-state index contributed by atoms with van der Waals surface area (Å²) in [4.78, 5) is 23.7. The summed E-state index contributed by atoms with van der Waals surface area (Å²) in [6.45, 7) is 7.96. The highest BCUT2D eigenvalue weighted by Gasteiger charge is 2.71. The highest BCUT2D eigenvalue weighted by molar-refractivity contribution is 5.94. The van der Waals surface area contributed by atoms with Gasteiger partial charge in [-0.3, -0.25) is 14.6 Å². The lowest BCUT2D eigenvalue weighted by Gasteiger charge is -2.59. The molecule has 2 unspecified atom stereocenters. The first-order valence-corrected chi connectivity index (χ1v) is 19.0. The molecule has 2 saturated heterocycles. The van der Waals surface area contributed by atoms with Crippen LogP contribution in [0.15, 0.2) is 48.6 Å². The average molecular weight is 697 g/mol. The SMILES string of the molecule is CC[C@]1(O)C[C@@H]2CN(CCc3c([nH]c4ccccc34)[C@@](C(=O)OC)(c3cc4c(cc3OC)N[C@H]3[C@H](O)[C@H](O)[C@]5(CC)C=CCN6CC[C@]43C65)C2)C1. The number of esters is 1. The fraction of sp³-hybridized carbons (Fsp3) is 0.585. The van der Waals surface area contributed by atoms with Gasteiger partial charge in [0.1, 0.15) is 17.3 Å². The van der Waals surface area contributed by atoms with Crippen molar-refractivity contribution in [1.82, 2.24) is 14.8 Å². The zero-order valence-electron chi connectivity index (χ0n) is 30.2. The quantitative estimate of drug-likeness (QED) is 0.200. The largest absolute Gasteiger partial charge is 0.496 e. The molecule has 1 spiro atoms. The number of nitrogens with zero attached hydrogens (tertiary/aromatic N) is 2. The highest BCUT2D eigenvalue weighted by atomic mass is 16.5. The lowest BCUT2D eigenvalue weighted by Crippen LogP contribution is -2.72. The first-order valence-electron chi connectivity index (χ1n) is 19.0. The molecule has 6 aliphatic rings. The molecule has 0 radical (unpaired) electrons. The summed E-state index contributed by atoms with van der Waals surface area (Å²) in [5, 5.41) is 40.4. The van der Waals surface area contributed by atoms with Crippen molar-refractivity contribution in [3.63, 3.8) is 0 Å². The van der Waals surface area contributed by atoms with Gasteiger partial charge >= 0.3 is 5.97 Å². The molecular weight excluding hydrogens is 644 g/mol. The van der Waals surface area contributed by atoms with Gasteiger partial charge in [0, 0.05) is 77.0 Å². The summed E-state index contributed by atoms with van der Waals surface area (Å²) >= 11 is 0. The molecule has 1 saturated carbocycles. The molecule has 1 aliphatic carbocycles. The van der Waals surface area contributed by atoms with E-state index in [0.717, 1.165) is 71.6 Å². The average Bonchev–Trinajstić information content (AvgIpc) is 3.83. The lowest BCUT2D eigenvalue weighted by atomic mass is 9.51. The van der Waals surface area contributed by atoms with E-state index in [1.165, 1.54) is 7.11 Å². The Labute approximate surface area is 299 Å². The predicted octanol–water partition coefficient (Wildman–Crippen LogP) is 3.85. The fourth-order valence-electron chi connectivity index (χ4n) is 12.2. The van der Waals surface area contributed by atoms with Crippen molar-refractivity contribution < 1.29 is 29.6 Å². The summed E-state index contributed by atoms with van der Waals surface area (Å²) in [6, 6.07) is 12.0. The maximum Gasteiger partial charge on any atom is 0.322 e. The summed E-state index contributed by atoms with van der Waals surface area (Å²) in [5.41, 5.74) is 2.30. The van der Waals surface area contributed by atoms with Crippen molar-refractivity contribution in [3.8, 4) is 5.75 Å². The Balaban J connectivity index is 1.33. The van der Waals surface area contributed by atoms with Crippen LogP contribution in [0, 0.1) is 11.3 Å². The standard InChI is InChI=1S/C41H52N4O6/c1-5-38(49)20-24-21-41(37(48)51-4,33-26(12-16-44(22-24)23-38)25-10-7-8-11-29(25)42-33)28-18-27-30(19-31(28)50-3)43-34-32(46)35(47)39(6-2)13-9-15-45-17-14-40(27,34)36(39)45/h7-11,13,18-19,24,32,34-36,42-43,46-47,49H,5-6,12,14-17,20-23H2,1-4H3/t24-,32-,34-,35-,36?,38-,39-,40-,41-/m0/s1. The van der Waals surface area contributed by atoms with Crippen LogP contribution in [0.2, 0.25) is 0 Å². The third-order valence-corrected chi connectivity index (χ3v) is 14.3. The van der Waals surface area contributed by atoms with Gasteiger partial charge in [-0.25, -0.2) is 0 Å². The second-order valence-corrected chi connectivity index (χ2v) is 16.5. The van der Waals surface area contributed by atoms with Gasteiger partial charge in [0.2, 0.25) is 0 Å². The molecule has 2 aromatic carbocycles. The first-order chi connectivity index (χ1) is 24.6. The number of aliphatic hydroxyl groups is 3. The Morgan fingerprint density at radius 1 is 1.06 bits per heavy atom. The molecule has 5 N–H and O–H groups in total. The lowest BCUT2D eigenvalue weighted by molar-refractivity contribution is -0.147. The number of benzene rings is 2. The molecule has 10 heteroatoms. The van der Waals surface area contributed by atoms with E-state index in [-0.39, 0.29) is 17.9 Å². The smallest absolute Gasteiger partial charge is 0.322 e. The van der Waals surface area contributed by atoms with Gasteiger partial charge in [0.15, 0.2) is 0 Å². The van der Waals surface area contributed by atoms with Crippen molar-refractivity contribution in [2.45, 2.75) is 93.1 Å². The van der Waals surface area contributed by atoms with E-state index in [0.29, 0.717) is 44.4 Å². The van der Waals surface area contributed by atoms with Crippen LogP contribution in [0.4, 0.5) is 5.69 Å². The number of H-pyrrole nitrogens is 1. The molecule has 51 heavy (non-hydrogen) atoms. The Bertz CT molecular complexity index is 1930. The molecule has 3 fully saturated rings. The number of anilines is 1. The van der Waals surface area contributed by atoms with Crippen molar-refractivity contribution in [2.24, 2.45) is 11.3 Å². The van der Waals surface area contributed by atoms with Crippen molar-refractivity contribution in [3.05, 3.63) is 70.9 Å². The van der Waals surface area contributed by atoms with Gasteiger partial charge in [0.25, 0.3) is 0 Å². The maximum atomic E-state index is 15.0. The number of aromatic amines is 1. The molecule has 2 bridgehead atoms. The number of para-hydroxylation sites is 1. The van der Waals surface area contributed by atoms with Crippen LogP contribution in [0.1, 0.15) is 68.3 Å². The van der Waals surface area contributed by atoms with Crippen LogP contribution in [0.5, 0.6) is 5.75 Å². The normalized spacial score (nSPS) is 39.5. The van der Waals surface area contributed by atoms with E-state index >= 15 is 4.79 Å². The summed E-state index contributed by atoms with van der Waals surface area (Å²) in [7, 11) is 3.13. The van der Waals surface area contributed by atoms with Gasteiger partial charge in [-0.05, 0) is 74.2 Å². The number of methoxy groups -OCH3 is 2. The zero-order chi connectivity index (χ0) is 35.5. The van der Waals surface area contributed by atoms with E-state index < -0.39 is 40.1 Å². The molecule has 5 aliphatic heterocycles. The van der Waals surface area contributed by atoms with E-state index in [9.17, 15) is 15.3 Å². The molecule has 272 valence electrons. The number of piperidine rings is 1. The van der Waals surface area contributed by atoms with Crippen molar-refractivity contribution >= 4 is 22.6 Å². The number of carbonyl (C=O) groups is 1. The van der Waals surface area contributed by atoms with E-state index in [1.54, 1.807) is 7.11 Å². The number of hydrogen-bond acceptors (Lipinski definition) is 9. The molecule has 9 rings (SSSR count). The molecular formula is C41H52N4O6. The third-order valence-electron chi connectivity index (χ3n) is 14.3. The molecule has 10 nitrogen and oxygen atoms in total. The zero-order valence-corrected chi connectivity index (χ0v) is 30.2. The van der Waals surface area contributed by atoms with Crippen molar-refractivity contribution in [1.29, 1.82) is 0 Å². The number of rotatable bonds is 5. The predicted molar refractivity (Wildman–Crippen MR) is 195 cm³/mol. The van der Waals surface area contributed by atoms with E-state index in [2.05, 4.69) is 57.4 Å². The number of aromatic nitrogens is 1. The number of fused-ring (bicyclic) bond motifs is 6. The minimum absolute atomic E-state index is 0.00740. The summed E-state index contributed by atoms with van der Waals surface area (Å²) < 4.78 is 12.2. The highest BCUT2D eigenvalue weighted by Crippen LogP contribution is 2.64. The Hall–Kier alpha value is -3.41.